The Balaban J connectivity index is 1.44. The summed E-state index contributed by atoms with van der Waals surface area (Å²) in [5.41, 5.74) is 1.34. The smallest absolute Gasteiger partial charge is 0.292 e. The highest BCUT2D eigenvalue weighted by Crippen LogP contribution is 2.22. The Morgan fingerprint density at radius 1 is 0.967 bits per heavy atom. The minimum absolute atomic E-state index is 0.0657. The molecule has 158 valence electrons. The molecule has 7 nitrogen and oxygen atoms in total. The Bertz CT molecular complexity index is 1060. The molecule has 9 heteroatoms. The Morgan fingerprint density at radius 3 is 2.17 bits per heavy atom. The third-order valence-corrected chi connectivity index (χ3v) is 7.66. The molecule has 0 unspecified atom stereocenters. The van der Waals surface area contributed by atoms with E-state index in [4.69, 9.17) is 0 Å². The van der Waals surface area contributed by atoms with Crippen LogP contribution in [-0.2, 0) is 19.6 Å². The number of nitrogens with one attached hydrogen (secondary N) is 1. The van der Waals surface area contributed by atoms with Crippen LogP contribution in [0.5, 0.6) is 0 Å². The first-order valence-electron chi connectivity index (χ1n) is 9.81. The zero-order valence-electron chi connectivity index (χ0n) is 16.5. The molecule has 0 radical (unpaired) electrons. The van der Waals surface area contributed by atoms with Crippen LogP contribution in [-0.4, -0.2) is 56.8 Å². The van der Waals surface area contributed by atoms with E-state index < -0.39 is 21.9 Å². The highest BCUT2D eigenvalue weighted by Gasteiger charge is 2.47. The van der Waals surface area contributed by atoms with Crippen molar-refractivity contribution in [2.24, 2.45) is 0 Å². The van der Waals surface area contributed by atoms with E-state index in [9.17, 15) is 22.4 Å². The molecule has 1 atom stereocenters. The second-order valence-corrected chi connectivity index (χ2v) is 9.61. The Hall–Kier alpha value is -2.62. The van der Waals surface area contributed by atoms with Crippen LogP contribution in [0.1, 0.15) is 12.0 Å². The monoisotopic (exact) mass is 432 g/mol. The lowest BCUT2D eigenvalue weighted by Crippen LogP contribution is -3.19. The first-order chi connectivity index (χ1) is 14.3. The van der Waals surface area contributed by atoms with Crippen LogP contribution in [0.4, 0.5) is 10.1 Å². The predicted octanol–water partition coefficient (Wildman–Crippen LogP) is 0.355. The van der Waals surface area contributed by atoms with Crippen LogP contribution in [0, 0.1) is 12.7 Å². The molecule has 4 rings (SSSR count). The molecule has 2 fully saturated rings. The number of piperazine rings is 1. The molecule has 2 saturated heterocycles. The van der Waals surface area contributed by atoms with Crippen LogP contribution in [0.25, 0.3) is 0 Å². The molecular formula is C21H23FN3O4S+. The quantitative estimate of drug-likeness (QED) is 0.708. The van der Waals surface area contributed by atoms with Gasteiger partial charge in [-0.05, 0) is 43.3 Å². The van der Waals surface area contributed by atoms with Gasteiger partial charge < -0.3 is 4.90 Å². The van der Waals surface area contributed by atoms with E-state index >= 15 is 0 Å². The molecule has 0 aromatic heterocycles. The number of amides is 2. The van der Waals surface area contributed by atoms with Crippen molar-refractivity contribution in [2.75, 3.05) is 31.1 Å². The zero-order chi connectivity index (χ0) is 21.5. The SMILES string of the molecule is Cc1ccc(S(=O)(=O)N2CC[NH+]([C@@H]3CC(=O)N(c4ccc(F)cc4)C3=O)CC2)cc1. The zero-order valence-corrected chi connectivity index (χ0v) is 17.4. The van der Waals surface area contributed by atoms with Gasteiger partial charge in [-0.2, -0.15) is 4.31 Å². The Labute approximate surface area is 174 Å². The van der Waals surface area contributed by atoms with Crippen LogP contribution in [0.3, 0.4) is 0 Å². The normalized spacial score (nSPS) is 21.4. The van der Waals surface area contributed by atoms with Gasteiger partial charge in [-0.1, -0.05) is 17.7 Å². The molecule has 2 aromatic rings. The van der Waals surface area contributed by atoms with Gasteiger partial charge in [0.25, 0.3) is 5.91 Å². The summed E-state index contributed by atoms with van der Waals surface area (Å²) < 4.78 is 40.3. The van der Waals surface area contributed by atoms with Gasteiger partial charge in [-0.3, -0.25) is 9.59 Å². The van der Waals surface area contributed by atoms with Gasteiger partial charge in [-0.15, -0.1) is 0 Å². The maximum atomic E-state index is 13.2. The summed E-state index contributed by atoms with van der Waals surface area (Å²) in [6, 6.07) is 11.4. The average molecular weight is 432 g/mol. The molecule has 30 heavy (non-hydrogen) atoms. The molecule has 1 N–H and O–H groups in total. The van der Waals surface area contributed by atoms with Gasteiger partial charge in [-0.25, -0.2) is 17.7 Å². The lowest BCUT2D eigenvalue weighted by Gasteiger charge is -2.33. The molecule has 2 amide bonds. The van der Waals surface area contributed by atoms with Crippen LogP contribution in [0.2, 0.25) is 0 Å². The van der Waals surface area contributed by atoms with Crippen molar-refractivity contribution >= 4 is 27.5 Å². The van der Waals surface area contributed by atoms with Crippen molar-refractivity contribution in [3.63, 3.8) is 0 Å². The molecule has 0 bridgehead atoms. The summed E-state index contributed by atoms with van der Waals surface area (Å²) in [5.74, 6) is -1.08. The first kappa shape index (κ1) is 20.6. The van der Waals surface area contributed by atoms with Crippen molar-refractivity contribution in [3.8, 4) is 0 Å². The topological polar surface area (TPSA) is 79.2 Å². The number of carbonyl (C=O) groups is 2. The van der Waals surface area contributed by atoms with E-state index in [0.29, 0.717) is 18.8 Å². The average Bonchev–Trinajstić information content (AvgIpc) is 3.03. The minimum Gasteiger partial charge on any atom is -0.322 e. The lowest BCUT2D eigenvalue weighted by molar-refractivity contribution is -0.918. The lowest BCUT2D eigenvalue weighted by atomic mass is 10.2. The van der Waals surface area contributed by atoms with Gasteiger partial charge in [0.1, 0.15) is 5.82 Å². The first-order valence-corrected chi connectivity index (χ1v) is 11.2. The fourth-order valence-electron chi connectivity index (χ4n) is 4.03. The van der Waals surface area contributed by atoms with Gasteiger partial charge in [0.15, 0.2) is 6.04 Å². The van der Waals surface area contributed by atoms with Crippen molar-refractivity contribution < 1.29 is 27.3 Å². The maximum absolute atomic E-state index is 13.2. The van der Waals surface area contributed by atoms with Crippen molar-refractivity contribution in [3.05, 3.63) is 59.9 Å². The standard InChI is InChI=1S/C21H22FN3O4S/c1-15-2-8-18(9-3-15)30(28,29)24-12-10-23(11-13-24)19-14-20(26)25(21(19)27)17-6-4-16(22)5-7-17/h2-9,19H,10-14H2,1H3/p+1/t19-/m1/s1. The minimum atomic E-state index is -3.59. The Kier molecular flexibility index (Phi) is 5.44. The van der Waals surface area contributed by atoms with Gasteiger partial charge in [0.2, 0.25) is 15.9 Å². The van der Waals surface area contributed by atoms with E-state index in [-0.39, 0.29) is 36.2 Å². The van der Waals surface area contributed by atoms with E-state index in [0.717, 1.165) is 15.4 Å². The number of sulfonamides is 1. The van der Waals surface area contributed by atoms with E-state index in [1.165, 1.54) is 28.6 Å². The third kappa shape index (κ3) is 3.76. The maximum Gasteiger partial charge on any atom is 0.292 e. The van der Waals surface area contributed by atoms with E-state index in [1.807, 2.05) is 6.92 Å². The Morgan fingerprint density at radius 2 is 1.57 bits per heavy atom. The highest BCUT2D eigenvalue weighted by molar-refractivity contribution is 7.89. The molecule has 2 aliphatic rings. The van der Waals surface area contributed by atoms with E-state index in [2.05, 4.69) is 0 Å². The van der Waals surface area contributed by atoms with Gasteiger partial charge in [0.05, 0.1) is 43.2 Å². The summed E-state index contributed by atoms with van der Waals surface area (Å²) in [6.45, 7) is 3.33. The van der Waals surface area contributed by atoms with Crippen molar-refractivity contribution in [2.45, 2.75) is 24.3 Å². The number of imide groups is 1. The number of carbonyl (C=O) groups excluding carboxylic acids is 2. The van der Waals surface area contributed by atoms with Gasteiger partial charge in [0, 0.05) is 0 Å². The third-order valence-electron chi connectivity index (χ3n) is 5.75. The summed E-state index contributed by atoms with van der Waals surface area (Å²) in [5, 5.41) is 0. The van der Waals surface area contributed by atoms with Crippen molar-refractivity contribution in [1.82, 2.24) is 4.31 Å². The largest absolute Gasteiger partial charge is 0.322 e. The van der Waals surface area contributed by atoms with Crippen LogP contribution in [0.15, 0.2) is 53.4 Å². The predicted molar refractivity (Wildman–Crippen MR) is 108 cm³/mol. The number of halogens is 1. The molecular weight excluding hydrogens is 409 g/mol. The molecule has 2 aliphatic heterocycles. The molecule has 2 aromatic carbocycles. The van der Waals surface area contributed by atoms with Gasteiger partial charge >= 0.3 is 0 Å². The number of hydrogen-bond acceptors (Lipinski definition) is 4. The molecule has 2 heterocycles. The van der Waals surface area contributed by atoms with Crippen molar-refractivity contribution in [1.29, 1.82) is 0 Å². The fraction of sp³-hybridized carbons (Fsp3) is 0.333. The molecule has 0 saturated carbocycles. The number of benzene rings is 2. The summed E-state index contributed by atoms with van der Waals surface area (Å²) in [6.07, 6.45) is 0.0657. The van der Waals surface area contributed by atoms with E-state index in [1.54, 1.807) is 24.3 Å². The fourth-order valence-corrected chi connectivity index (χ4v) is 5.48. The number of hydrogen-bond donors (Lipinski definition) is 1. The number of anilines is 1. The highest BCUT2D eigenvalue weighted by atomic mass is 32.2. The molecule has 0 aliphatic carbocycles. The van der Waals surface area contributed by atoms with Crippen LogP contribution < -0.4 is 9.80 Å². The number of aryl methyl sites for hydroxylation is 1. The number of nitrogens with zero attached hydrogens (tertiary/aromatic N) is 2. The number of quaternary nitrogens is 1. The second kappa shape index (κ2) is 7.90. The molecule has 0 spiro atoms. The number of rotatable bonds is 4. The second-order valence-electron chi connectivity index (χ2n) is 7.68. The van der Waals surface area contributed by atoms with Crippen LogP contribution >= 0.6 is 0 Å². The summed E-state index contributed by atoms with van der Waals surface area (Å²) >= 11 is 0. The summed E-state index contributed by atoms with van der Waals surface area (Å²) in [7, 11) is -3.59. The summed E-state index contributed by atoms with van der Waals surface area (Å²) in [4.78, 5) is 27.6.